The number of hydrogen-bond acceptors (Lipinski definition) is 1. The van der Waals surface area contributed by atoms with Gasteiger partial charge in [-0.05, 0) is 36.2 Å². The van der Waals surface area contributed by atoms with Crippen LogP contribution < -0.4 is 5.32 Å². The molecule has 0 radical (unpaired) electrons. The lowest BCUT2D eigenvalue weighted by atomic mass is 10.1. The maximum atomic E-state index is 11.8. The molecule has 0 bridgehead atoms. The quantitative estimate of drug-likeness (QED) is 0.679. The van der Waals surface area contributed by atoms with Crippen molar-refractivity contribution < 1.29 is 4.79 Å². The van der Waals surface area contributed by atoms with E-state index in [-0.39, 0.29) is 5.91 Å². The molecule has 0 aliphatic heterocycles. The molecule has 0 atom stereocenters. The number of carbonyl (C=O) groups excluding carboxylic acids is 1. The van der Waals surface area contributed by atoms with E-state index in [2.05, 4.69) is 28.2 Å². The second-order valence-electron chi connectivity index (χ2n) is 5.27. The van der Waals surface area contributed by atoms with Crippen molar-refractivity contribution in [3.8, 4) is 11.8 Å². The highest BCUT2D eigenvalue weighted by Crippen LogP contribution is 2.18. The van der Waals surface area contributed by atoms with Gasteiger partial charge in [0.1, 0.15) is 0 Å². The average molecular weight is 357 g/mol. The zero-order valence-corrected chi connectivity index (χ0v) is 14.2. The van der Waals surface area contributed by atoms with Gasteiger partial charge in [-0.25, -0.2) is 0 Å². The fourth-order valence-electron chi connectivity index (χ4n) is 2.45. The van der Waals surface area contributed by atoms with Gasteiger partial charge in [0, 0.05) is 45.2 Å². The van der Waals surface area contributed by atoms with Crippen LogP contribution in [-0.2, 0) is 11.2 Å². The fourth-order valence-corrected chi connectivity index (χ4v) is 2.97. The van der Waals surface area contributed by atoms with E-state index in [1.165, 1.54) is 10.9 Å². The molecule has 0 unspecified atom stereocenters. The number of hydrogen-bond donors (Lipinski definition) is 2. The third-order valence-electron chi connectivity index (χ3n) is 3.54. The maximum absolute atomic E-state index is 11.8. The number of aromatic nitrogens is 1. The molecule has 3 rings (SSSR count). The lowest BCUT2D eigenvalue weighted by molar-refractivity contribution is -0.115. The SMILES string of the molecule is O=C(C#Cc1cc(Cl)cc(Cl)c1)NCCc1c[nH]c2ccccc12. The van der Waals surface area contributed by atoms with Crippen LogP contribution in [0, 0.1) is 11.8 Å². The van der Waals surface area contributed by atoms with E-state index >= 15 is 0 Å². The number of H-pyrrole nitrogens is 1. The van der Waals surface area contributed by atoms with Crippen LogP contribution in [0.2, 0.25) is 10.0 Å². The van der Waals surface area contributed by atoms with Crippen molar-refractivity contribution in [2.75, 3.05) is 6.54 Å². The van der Waals surface area contributed by atoms with Gasteiger partial charge in [-0.2, -0.15) is 0 Å². The van der Waals surface area contributed by atoms with Crippen LogP contribution in [0.25, 0.3) is 10.9 Å². The molecular formula is C19H14Cl2N2O. The average Bonchev–Trinajstić information content (AvgIpc) is 2.96. The highest BCUT2D eigenvalue weighted by Gasteiger charge is 2.03. The van der Waals surface area contributed by atoms with Gasteiger partial charge in [-0.3, -0.25) is 4.79 Å². The minimum absolute atomic E-state index is 0.328. The predicted molar refractivity (Wildman–Crippen MR) is 98.4 cm³/mol. The van der Waals surface area contributed by atoms with Gasteiger partial charge < -0.3 is 10.3 Å². The van der Waals surface area contributed by atoms with Crippen molar-refractivity contribution in [2.24, 2.45) is 0 Å². The standard InChI is InChI=1S/C19H14Cl2N2O/c20-15-9-13(10-16(21)11-15)5-6-19(24)22-8-7-14-12-23-18-4-2-1-3-17(14)18/h1-4,9-12,23H,7-8H2,(H,22,24). The van der Waals surface area contributed by atoms with Gasteiger partial charge in [0.2, 0.25) is 0 Å². The summed E-state index contributed by atoms with van der Waals surface area (Å²) in [6.45, 7) is 0.520. The van der Waals surface area contributed by atoms with Crippen molar-refractivity contribution in [3.05, 3.63) is 69.8 Å². The van der Waals surface area contributed by atoms with Gasteiger partial charge in [0.05, 0.1) is 0 Å². The molecule has 0 fully saturated rings. The van der Waals surface area contributed by atoms with E-state index in [1.807, 2.05) is 24.4 Å². The molecule has 0 aliphatic rings. The molecule has 0 saturated carbocycles. The molecule has 1 amide bonds. The van der Waals surface area contributed by atoms with Crippen LogP contribution in [0.15, 0.2) is 48.7 Å². The molecule has 3 aromatic rings. The number of benzene rings is 2. The molecule has 0 aliphatic carbocycles. The van der Waals surface area contributed by atoms with Crippen molar-refractivity contribution in [1.29, 1.82) is 0 Å². The zero-order chi connectivity index (χ0) is 16.9. The maximum Gasteiger partial charge on any atom is 0.296 e. The van der Waals surface area contributed by atoms with Gasteiger partial charge in [0.15, 0.2) is 0 Å². The summed E-state index contributed by atoms with van der Waals surface area (Å²) in [6, 6.07) is 13.0. The van der Waals surface area contributed by atoms with Gasteiger partial charge in [-0.15, -0.1) is 0 Å². The number of aromatic amines is 1. The highest BCUT2D eigenvalue weighted by molar-refractivity contribution is 6.34. The van der Waals surface area contributed by atoms with E-state index in [0.717, 1.165) is 11.9 Å². The molecule has 3 nitrogen and oxygen atoms in total. The van der Waals surface area contributed by atoms with E-state index < -0.39 is 0 Å². The second-order valence-corrected chi connectivity index (χ2v) is 6.15. The molecule has 0 spiro atoms. The number of para-hydroxylation sites is 1. The summed E-state index contributed by atoms with van der Waals surface area (Å²) < 4.78 is 0. The van der Waals surface area contributed by atoms with E-state index in [9.17, 15) is 4.79 Å². The number of rotatable bonds is 3. The molecule has 2 N–H and O–H groups in total. The topological polar surface area (TPSA) is 44.9 Å². The fraction of sp³-hybridized carbons (Fsp3) is 0.105. The summed E-state index contributed by atoms with van der Waals surface area (Å²) in [5.41, 5.74) is 2.87. The molecular weight excluding hydrogens is 343 g/mol. The number of carbonyl (C=O) groups is 1. The van der Waals surface area contributed by atoms with E-state index in [4.69, 9.17) is 23.2 Å². The van der Waals surface area contributed by atoms with Gasteiger partial charge >= 0.3 is 0 Å². The molecule has 2 aromatic carbocycles. The number of halogens is 2. The van der Waals surface area contributed by atoms with Crippen LogP contribution in [0.5, 0.6) is 0 Å². The summed E-state index contributed by atoms with van der Waals surface area (Å²) in [5.74, 6) is 4.98. The molecule has 120 valence electrons. The Balaban J connectivity index is 1.57. The summed E-state index contributed by atoms with van der Waals surface area (Å²) in [4.78, 5) is 15.0. The zero-order valence-electron chi connectivity index (χ0n) is 12.7. The third kappa shape index (κ3) is 4.11. The van der Waals surface area contributed by atoms with Crippen molar-refractivity contribution >= 4 is 40.0 Å². The summed E-state index contributed by atoms with van der Waals surface area (Å²) in [6.07, 6.45) is 2.71. The van der Waals surface area contributed by atoms with Crippen molar-refractivity contribution in [1.82, 2.24) is 10.3 Å². The molecule has 24 heavy (non-hydrogen) atoms. The first-order valence-electron chi connectivity index (χ1n) is 7.43. The first kappa shape index (κ1) is 16.4. The number of fused-ring (bicyclic) bond motifs is 1. The van der Waals surface area contributed by atoms with Crippen LogP contribution in [0.1, 0.15) is 11.1 Å². The Labute approximate surface area is 150 Å². The number of amides is 1. The Morgan fingerprint density at radius 1 is 1.12 bits per heavy atom. The van der Waals surface area contributed by atoms with Crippen molar-refractivity contribution in [2.45, 2.75) is 6.42 Å². The van der Waals surface area contributed by atoms with Crippen LogP contribution in [0.4, 0.5) is 0 Å². The lowest BCUT2D eigenvalue weighted by Crippen LogP contribution is -2.23. The first-order chi connectivity index (χ1) is 11.6. The predicted octanol–water partition coefficient (Wildman–Crippen LogP) is 4.19. The minimum Gasteiger partial charge on any atom is -0.361 e. The molecule has 5 heteroatoms. The monoisotopic (exact) mass is 356 g/mol. The third-order valence-corrected chi connectivity index (χ3v) is 3.97. The smallest absolute Gasteiger partial charge is 0.296 e. The Kier molecular flexibility index (Phi) is 5.10. The van der Waals surface area contributed by atoms with Crippen LogP contribution >= 0.6 is 23.2 Å². The Hall–Kier alpha value is -2.41. The second kappa shape index (κ2) is 7.44. The summed E-state index contributed by atoms with van der Waals surface area (Å²) in [7, 11) is 0. The van der Waals surface area contributed by atoms with E-state index in [0.29, 0.717) is 22.2 Å². The number of nitrogens with one attached hydrogen (secondary N) is 2. The molecule has 0 saturated heterocycles. The molecule has 1 aromatic heterocycles. The Bertz CT molecular complexity index is 930. The van der Waals surface area contributed by atoms with Gasteiger partial charge in [-0.1, -0.05) is 47.3 Å². The minimum atomic E-state index is -0.328. The first-order valence-corrected chi connectivity index (χ1v) is 8.18. The Morgan fingerprint density at radius 3 is 2.67 bits per heavy atom. The Morgan fingerprint density at radius 2 is 1.88 bits per heavy atom. The largest absolute Gasteiger partial charge is 0.361 e. The van der Waals surface area contributed by atoms with Crippen LogP contribution in [0.3, 0.4) is 0 Å². The van der Waals surface area contributed by atoms with E-state index in [1.54, 1.807) is 18.2 Å². The van der Waals surface area contributed by atoms with Crippen molar-refractivity contribution in [3.63, 3.8) is 0 Å². The summed E-state index contributed by atoms with van der Waals surface area (Å²) in [5, 5.41) is 4.95. The lowest BCUT2D eigenvalue weighted by Gasteiger charge is -2.00. The van der Waals surface area contributed by atoms with Crippen LogP contribution in [-0.4, -0.2) is 17.4 Å². The molecule has 1 heterocycles. The summed E-state index contributed by atoms with van der Waals surface area (Å²) >= 11 is 11.8. The highest BCUT2D eigenvalue weighted by atomic mass is 35.5. The normalized spacial score (nSPS) is 10.2. The van der Waals surface area contributed by atoms with Gasteiger partial charge in [0.25, 0.3) is 5.91 Å².